The first-order valence-corrected chi connectivity index (χ1v) is 6.55. The number of hydrogen-bond acceptors (Lipinski definition) is 3. The number of nitrogens with one attached hydrogen (secondary N) is 1. The van der Waals surface area contributed by atoms with Crippen LogP contribution in [0.25, 0.3) is 0 Å². The molecule has 2 aromatic rings. The summed E-state index contributed by atoms with van der Waals surface area (Å²) in [7, 11) is 0. The average Bonchev–Trinajstić information content (AvgIpc) is 2.79. The van der Waals surface area contributed by atoms with Crippen molar-refractivity contribution in [3.8, 4) is 0 Å². The van der Waals surface area contributed by atoms with Gasteiger partial charge in [-0.25, -0.2) is 14.1 Å². The molecule has 0 aliphatic carbocycles. The van der Waals surface area contributed by atoms with Crippen molar-refractivity contribution in [2.24, 2.45) is 0 Å². The Labute approximate surface area is 113 Å². The van der Waals surface area contributed by atoms with Gasteiger partial charge in [0.25, 0.3) is 0 Å². The molecule has 1 heterocycles. The maximum Gasteiger partial charge on any atom is 0.146 e. The number of halogens is 2. The van der Waals surface area contributed by atoms with Crippen LogP contribution in [0.3, 0.4) is 0 Å². The zero-order valence-corrected chi connectivity index (χ0v) is 11.6. The van der Waals surface area contributed by atoms with Crippen LogP contribution in [0.15, 0.2) is 29.0 Å². The molecule has 0 aliphatic heterocycles. The van der Waals surface area contributed by atoms with Crippen molar-refractivity contribution in [2.75, 3.05) is 5.32 Å². The molecule has 96 valence electrons. The van der Waals surface area contributed by atoms with E-state index in [1.165, 1.54) is 12.4 Å². The molecular formula is C12H14BrFN4. The van der Waals surface area contributed by atoms with E-state index >= 15 is 0 Å². The molecule has 0 saturated carbocycles. The van der Waals surface area contributed by atoms with E-state index < -0.39 is 0 Å². The Bertz CT molecular complexity index is 527. The minimum atomic E-state index is -0.282. The molecule has 0 aliphatic rings. The van der Waals surface area contributed by atoms with Crippen molar-refractivity contribution in [1.29, 1.82) is 0 Å². The Balaban J connectivity index is 2.02. The topological polar surface area (TPSA) is 42.7 Å². The van der Waals surface area contributed by atoms with Gasteiger partial charge in [0.2, 0.25) is 0 Å². The molecule has 0 radical (unpaired) electrons. The molecule has 4 nitrogen and oxygen atoms in total. The second kappa shape index (κ2) is 5.95. The fourth-order valence-corrected chi connectivity index (χ4v) is 1.86. The molecule has 0 spiro atoms. The van der Waals surface area contributed by atoms with E-state index in [4.69, 9.17) is 0 Å². The van der Waals surface area contributed by atoms with Crippen molar-refractivity contribution < 1.29 is 4.39 Å². The van der Waals surface area contributed by atoms with Gasteiger partial charge >= 0.3 is 0 Å². The van der Waals surface area contributed by atoms with Crippen LogP contribution >= 0.6 is 15.9 Å². The predicted octanol–water partition coefficient (Wildman–Crippen LogP) is 3.20. The normalized spacial score (nSPS) is 10.6. The van der Waals surface area contributed by atoms with Gasteiger partial charge < -0.3 is 5.32 Å². The number of aryl methyl sites for hydroxylation is 1. The summed E-state index contributed by atoms with van der Waals surface area (Å²) >= 11 is 3.12. The molecule has 1 aromatic heterocycles. The van der Waals surface area contributed by atoms with Crippen molar-refractivity contribution in [2.45, 2.75) is 26.4 Å². The van der Waals surface area contributed by atoms with Crippen LogP contribution < -0.4 is 5.32 Å². The summed E-state index contributed by atoms with van der Waals surface area (Å²) in [5.74, 6) is 0.565. The van der Waals surface area contributed by atoms with Gasteiger partial charge in [0.1, 0.15) is 18.0 Å². The highest BCUT2D eigenvalue weighted by molar-refractivity contribution is 9.10. The zero-order chi connectivity index (χ0) is 13.0. The van der Waals surface area contributed by atoms with Crippen LogP contribution in [0.1, 0.15) is 19.2 Å². The Morgan fingerprint density at radius 2 is 2.28 bits per heavy atom. The lowest BCUT2D eigenvalue weighted by Crippen LogP contribution is -2.10. The van der Waals surface area contributed by atoms with Crippen molar-refractivity contribution >= 4 is 21.6 Å². The molecule has 0 amide bonds. The molecular weight excluding hydrogens is 299 g/mol. The Hall–Kier alpha value is -1.43. The summed E-state index contributed by atoms with van der Waals surface area (Å²) in [6.07, 6.45) is 2.54. The van der Waals surface area contributed by atoms with E-state index in [1.54, 1.807) is 6.07 Å². The van der Waals surface area contributed by atoms with E-state index in [0.717, 1.165) is 24.5 Å². The molecule has 6 heteroatoms. The van der Waals surface area contributed by atoms with Crippen molar-refractivity contribution in [3.63, 3.8) is 0 Å². The molecule has 0 saturated heterocycles. The summed E-state index contributed by atoms with van der Waals surface area (Å²) in [6.45, 7) is 3.45. The molecule has 0 atom stereocenters. The molecule has 0 unspecified atom stereocenters. The van der Waals surface area contributed by atoms with E-state index in [9.17, 15) is 4.39 Å². The fraction of sp³-hybridized carbons (Fsp3) is 0.333. The highest BCUT2D eigenvalue weighted by Crippen LogP contribution is 2.19. The number of anilines is 1. The molecule has 1 aromatic carbocycles. The third kappa shape index (κ3) is 3.07. The molecule has 0 bridgehead atoms. The van der Waals surface area contributed by atoms with Crippen LogP contribution in [0.4, 0.5) is 10.1 Å². The first-order valence-electron chi connectivity index (χ1n) is 5.76. The molecule has 1 N–H and O–H groups in total. The number of hydrogen-bond donors (Lipinski definition) is 1. The van der Waals surface area contributed by atoms with Crippen LogP contribution in [0.5, 0.6) is 0 Å². The number of nitrogens with zero attached hydrogens (tertiary/aromatic N) is 3. The van der Waals surface area contributed by atoms with Crippen LogP contribution in [0, 0.1) is 5.82 Å². The Morgan fingerprint density at radius 1 is 1.44 bits per heavy atom. The smallest absolute Gasteiger partial charge is 0.146 e. The lowest BCUT2D eigenvalue weighted by Gasteiger charge is -2.08. The second-order valence-corrected chi connectivity index (χ2v) is 4.74. The maximum atomic E-state index is 13.3. The number of rotatable bonds is 5. The van der Waals surface area contributed by atoms with E-state index in [1.807, 2.05) is 10.7 Å². The predicted molar refractivity (Wildman–Crippen MR) is 71.7 cm³/mol. The van der Waals surface area contributed by atoms with Crippen LogP contribution in [0.2, 0.25) is 0 Å². The van der Waals surface area contributed by atoms with Gasteiger partial charge in [0, 0.05) is 12.2 Å². The van der Waals surface area contributed by atoms with E-state index in [0.29, 0.717) is 11.0 Å². The molecule has 18 heavy (non-hydrogen) atoms. The minimum absolute atomic E-state index is 0.282. The van der Waals surface area contributed by atoms with Gasteiger partial charge in [-0.1, -0.05) is 6.92 Å². The number of aromatic nitrogens is 3. The standard InChI is InChI=1S/C12H14BrFN4/c1-2-5-18-12(16-8-17-18)7-15-9-3-4-10(13)11(14)6-9/h3-4,6,8,15H,2,5,7H2,1H3. The van der Waals surface area contributed by atoms with Crippen LogP contribution in [-0.2, 0) is 13.1 Å². The van der Waals surface area contributed by atoms with Crippen molar-refractivity contribution in [1.82, 2.24) is 14.8 Å². The van der Waals surface area contributed by atoms with Gasteiger partial charge in [0.05, 0.1) is 11.0 Å². The third-order valence-electron chi connectivity index (χ3n) is 2.50. The van der Waals surface area contributed by atoms with E-state index in [-0.39, 0.29) is 5.82 Å². The number of benzene rings is 1. The van der Waals surface area contributed by atoms with Crippen LogP contribution in [-0.4, -0.2) is 14.8 Å². The lowest BCUT2D eigenvalue weighted by atomic mass is 10.3. The van der Waals surface area contributed by atoms with Gasteiger partial charge in [-0.15, -0.1) is 0 Å². The quantitative estimate of drug-likeness (QED) is 0.922. The summed E-state index contributed by atoms with van der Waals surface area (Å²) in [5, 5.41) is 7.26. The second-order valence-electron chi connectivity index (χ2n) is 3.88. The van der Waals surface area contributed by atoms with Gasteiger partial charge in [-0.05, 0) is 40.5 Å². The van der Waals surface area contributed by atoms with Gasteiger partial charge in [-0.3, -0.25) is 0 Å². The first-order chi connectivity index (χ1) is 8.70. The molecule has 2 rings (SSSR count). The van der Waals surface area contributed by atoms with Crippen molar-refractivity contribution in [3.05, 3.63) is 40.6 Å². The SMILES string of the molecule is CCCn1ncnc1CNc1ccc(Br)c(F)c1. The van der Waals surface area contributed by atoms with Gasteiger partial charge in [-0.2, -0.15) is 5.10 Å². The zero-order valence-electron chi connectivity index (χ0n) is 10.0. The molecule has 0 fully saturated rings. The summed E-state index contributed by atoms with van der Waals surface area (Å²) < 4.78 is 15.6. The highest BCUT2D eigenvalue weighted by Gasteiger charge is 2.04. The monoisotopic (exact) mass is 312 g/mol. The lowest BCUT2D eigenvalue weighted by molar-refractivity contribution is 0.574. The van der Waals surface area contributed by atoms with E-state index in [2.05, 4.69) is 38.3 Å². The minimum Gasteiger partial charge on any atom is -0.378 e. The third-order valence-corrected chi connectivity index (χ3v) is 3.14. The first kappa shape index (κ1) is 13.0. The summed E-state index contributed by atoms with van der Waals surface area (Å²) in [4.78, 5) is 4.18. The highest BCUT2D eigenvalue weighted by atomic mass is 79.9. The average molecular weight is 313 g/mol. The maximum absolute atomic E-state index is 13.3. The Kier molecular flexibility index (Phi) is 4.30. The summed E-state index contributed by atoms with van der Waals surface area (Å²) in [6, 6.07) is 4.94. The largest absolute Gasteiger partial charge is 0.378 e. The Morgan fingerprint density at radius 3 is 3.00 bits per heavy atom. The fourth-order valence-electron chi connectivity index (χ4n) is 1.61. The van der Waals surface area contributed by atoms with Gasteiger partial charge in [0.15, 0.2) is 0 Å². The summed E-state index contributed by atoms with van der Waals surface area (Å²) in [5.41, 5.74) is 0.724.